The standard InChI is InChI=1S/C45H33NS/c1-3-45(4-2)39-14-8-5-11-33(39)34-21-18-30(26-40(34)45)28-19-22-42-37(24-28)35-12-6-9-15-41(35)46(42)32-20-17-29-25-38-36-13-7-10-16-43(36)47-44(38)27-31(29)23-32/h5-27H,3-4H2,1-2H3. The maximum atomic E-state index is 2.49. The van der Waals surface area contributed by atoms with Gasteiger partial charge in [0.15, 0.2) is 0 Å². The monoisotopic (exact) mass is 619 g/mol. The van der Waals surface area contributed by atoms with E-state index in [1.165, 1.54) is 91.8 Å². The third-order valence-corrected chi connectivity index (χ3v) is 12.2. The maximum Gasteiger partial charge on any atom is 0.0541 e. The van der Waals surface area contributed by atoms with Crippen LogP contribution < -0.4 is 0 Å². The first-order chi connectivity index (χ1) is 23.2. The lowest BCUT2D eigenvalue weighted by molar-refractivity contribution is 0.490. The highest BCUT2D eigenvalue weighted by Gasteiger charge is 2.40. The molecule has 0 atom stereocenters. The Labute approximate surface area is 278 Å². The Kier molecular flexibility index (Phi) is 5.69. The molecule has 0 fully saturated rings. The van der Waals surface area contributed by atoms with E-state index in [9.17, 15) is 0 Å². The molecule has 1 nitrogen and oxygen atoms in total. The molecular weight excluding hydrogens is 587 g/mol. The summed E-state index contributed by atoms with van der Waals surface area (Å²) in [6.07, 6.45) is 2.20. The van der Waals surface area contributed by atoms with E-state index in [1.807, 2.05) is 11.3 Å². The highest BCUT2D eigenvalue weighted by atomic mass is 32.1. The minimum absolute atomic E-state index is 0.0690. The van der Waals surface area contributed by atoms with Crippen molar-refractivity contribution >= 4 is 64.1 Å². The van der Waals surface area contributed by atoms with E-state index in [0.29, 0.717) is 0 Å². The molecule has 9 aromatic rings. The lowest BCUT2D eigenvalue weighted by atomic mass is 9.73. The molecule has 0 unspecified atom stereocenters. The van der Waals surface area contributed by atoms with E-state index in [0.717, 1.165) is 12.8 Å². The second kappa shape index (κ2) is 9.91. The largest absolute Gasteiger partial charge is 0.309 e. The maximum absolute atomic E-state index is 2.49. The summed E-state index contributed by atoms with van der Waals surface area (Å²) in [6, 6.07) is 52.6. The van der Waals surface area contributed by atoms with E-state index in [4.69, 9.17) is 0 Å². The molecule has 7 aromatic carbocycles. The van der Waals surface area contributed by atoms with Crippen LogP contribution in [-0.2, 0) is 5.41 Å². The average molecular weight is 620 g/mol. The molecule has 0 N–H and O–H groups in total. The number of fused-ring (bicyclic) bond motifs is 10. The van der Waals surface area contributed by atoms with Gasteiger partial charge >= 0.3 is 0 Å². The van der Waals surface area contributed by atoms with Crippen LogP contribution in [0.5, 0.6) is 0 Å². The van der Waals surface area contributed by atoms with Crippen LogP contribution in [0.25, 0.3) is 80.7 Å². The zero-order chi connectivity index (χ0) is 31.3. The lowest BCUT2D eigenvalue weighted by Crippen LogP contribution is -2.23. The van der Waals surface area contributed by atoms with E-state index in [2.05, 4.69) is 158 Å². The number of rotatable bonds is 4. The molecule has 0 saturated carbocycles. The summed E-state index contributed by atoms with van der Waals surface area (Å²) in [6.45, 7) is 4.70. The highest BCUT2D eigenvalue weighted by Crippen LogP contribution is 2.53. The predicted molar refractivity (Wildman–Crippen MR) is 203 cm³/mol. The van der Waals surface area contributed by atoms with Crippen LogP contribution in [0.15, 0.2) is 140 Å². The van der Waals surface area contributed by atoms with Gasteiger partial charge < -0.3 is 4.57 Å². The van der Waals surface area contributed by atoms with Crippen LogP contribution in [0.4, 0.5) is 0 Å². The highest BCUT2D eigenvalue weighted by molar-refractivity contribution is 7.25. The van der Waals surface area contributed by atoms with Gasteiger partial charge in [-0.15, -0.1) is 11.3 Å². The number of thiophene rings is 1. The fourth-order valence-corrected chi connectivity index (χ4v) is 9.81. The van der Waals surface area contributed by atoms with Crippen LogP contribution in [-0.4, -0.2) is 4.57 Å². The van der Waals surface area contributed by atoms with Crippen LogP contribution in [0.1, 0.15) is 37.8 Å². The molecule has 0 spiro atoms. The first kappa shape index (κ1) is 27.0. The van der Waals surface area contributed by atoms with Crippen molar-refractivity contribution in [2.75, 3.05) is 0 Å². The number of para-hydroxylation sites is 1. The van der Waals surface area contributed by atoms with Crippen LogP contribution >= 0.6 is 11.3 Å². The molecule has 0 radical (unpaired) electrons. The molecule has 1 aliphatic rings. The quantitative estimate of drug-likeness (QED) is 0.185. The van der Waals surface area contributed by atoms with Gasteiger partial charge in [-0.2, -0.15) is 0 Å². The summed E-state index contributed by atoms with van der Waals surface area (Å²) < 4.78 is 5.14. The first-order valence-electron chi connectivity index (χ1n) is 16.8. The summed E-state index contributed by atoms with van der Waals surface area (Å²) in [4.78, 5) is 0. The molecule has 47 heavy (non-hydrogen) atoms. The lowest BCUT2D eigenvalue weighted by Gasteiger charge is -2.30. The molecule has 1 aliphatic carbocycles. The summed E-state index contributed by atoms with van der Waals surface area (Å²) in [5, 5.41) is 7.83. The van der Waals surface area contributed by atoms with Crippen molar-refractivity contribution in [3.63, 3.8) is 0 Å². The van der Waals surface area contributed by atoms with Crippen molar-refractivity contribution in [1.29, 1.82) is 0 Å². The second-order valence-electron chi connectivity index (χ2n) is 13.2. The summed E-state index contributed by atoms with van der Waals surface area (Å²) in [5.41, 5.74) is 12.1. The number of nitrogens with zero attached hydrogens (tertiary/aromatic N) is 1. The smallest absolute Gasteiger partial charge is 0.0541 e. The molecule has 2 aromatic heterocycles. The second-order valence-corrected chi connectivity index (χ2v) is 14.2. The van der Waals surface area contributed by atoms with Crippen molar-refractivity contribution in [1.82, 2.24) is 4.57 Å². The topological polar surface area (TPSA) is 4.93 Å². The molecular formula is C45H33NS. The van der Waals surface area contributed by atoms with Gasteiger partial charge in [0.2, 0.25) is 0 Å². The Morgan fingerprint density at radius 2 is 1.21 bits per heavy atom. The number of hydrogen-bond donors (Lipinski definition) is 0. The molecule has 224 valence electrons. The van der Waals surface area contributed by atoms with Gasteiger partial charge in [0.05, 0.1) is 11.0 Å². The van der Waals surface area contributed by atoms with Gasteiger partial charge in [0, 0.05) is 42.0 Å². The fraction of sp³-hybridized carbons (Fsp3) is 0.111. The Morgan fingerprint density at radius 3 is 2.11 bits per heavy atom. The Balaban J connectivity index is 1.14. The van der Waals surface area contributed by atoms with Crippen molar-refractivity contribution in [2.24, 2.45) is 0 Å². The minimum Gasteiger partial charge on any atom is -0.309 e. The van der Waals surface area contributed by atoms with Gasteiger partial charge in [-0.05, 0) is 112 Å². The van der Waals surface area contributed by atoms with Crippen molar-refractivity contribution in [3.8, 4) is 27.9 Å². The van der Waals surface area contributed by atoms with E-state index in [1.54, 1.807) is 0 Å². The third-order valence-electron chi connectivity index (χ3n) is 11.1. The fourth-order valence-electron chi connectivity index (χ4n) is 8.67. The third kappa shape index (κ3) is 3.71. The minimum atomic E-state index is 0.0690. The van der Waals surface area contributed by atoms with E-state index >= 15 is 0 Å². The van der Waals surface area contributed by atoms with Gasteiger partial charge in [-0.1, -0.05) is 98.8 Å². The first-order valence-corrected chi connectivity index (χ1v) is 17.6. The normalized spacial score (nSPS) is 13.7. The summed E-state index contributed by atoms with van der Waals surface area (Å²) in [5.74, 6) is 0. The zero-order valence-electron chi connectivity index (χ0n) is 26.5. The van der Waals surface area contributed by atoms with Crippen LogP contribution in [0, 0.1) is 0 Å². The molecule has 0 bridgehead atoms. The average Bonchev–Trinajstić information content (AvgIpc) is 3.75. The zero-order valence-corrected chi connectivity index (χ0v) is 27.4. The Hall–Kier alpha value is -5.18. The molecule has 2 heteroatoms. The molecule has 2 heterocycles. The van der Waals surface area contributed by atoms with Crippen molar-refractivity contribution in [3.05, 3.63) is 151 Å². The van der Waals surface area contributed by atoms with Crippen LogP contribution in [0.3, 0.4) is 0 Å². The SMILES string of the molecule is CCC1(CC)c2ccccc2-c2ccc(-c3ccc4c(c3)c3ccccc3n4-c3ccc4cc5c(cc4c3)sc3ccccc35)cc21. The molecule has 0 aliphatic heterocycles. The van der Waals surface area contributed by atoms with E-state index < -0.39 is 0 Å². The van der Waals surface area contributed by atoms with Gasteiger partial charge in [0.25, 0.3) is 0 Å². The van der Waals surface area contributed by atoms with Crippen molar-refractivity contribution in [2.45, 2.75) is 32.1 Å². The van der Waals surface area contributed by atoms with Gasteiger partial charge in [-0.25, -0.2) is 0 Å². The Morgan fingerprint density at radius 1 is 0.489 bits per heavy atom. The van der Waals surface area contributed by atoms with Gasteiger partial charge in [-0.3, -0.25) is 0 Å². The number of aromatic nitrogens is 1. The van der Waals surface area contributed by atoms with E-state index in [-0.39, 0.29) is 5.41 Å². The van der Waals surface area contributed by atoms with Crippen LogP contribution in [0.2, 0.25) is 0 Å². The summed E-state index contributed by atoms with van der Waals surface area (Å²) >= 11 is 1.88. The molecule has 0 saturated heterocycles. The number of benzene rings is 7. The molecule has 0 amide bonds. The predicted octanol–water partition coefficient (Wildman–Crippen LogP) is 13.1. The van der Waals surface area contributed by atoms with Crippen molar-refractivity contribution < 1.29 is 0 Å². The number of hydrogen-bond acceptors (Lipinski definition) is 1. The Bertz CT molecular complexity index is 2720. The molecule has 10 rings (SSSR count). The summed E-state index contributed by atoms with van der Waals surface area (Å²) in [7, 11) is 0. The van der Waals surface area contributed by atoms with Gasteiger partial charge in [0.1, 0.15) is 0 Å².